The number of likely N-dealkylation sites (tertiary alicyclic amines) is 1. The molecular formula is C26H30BN3O4. The average Bonchev–Trinajstić information content (AvgIpc) is 3.52. The summed E-state index contributed by atoms with van der Waals surface area (Å²) < 4.78 is 12.3. The zero-order valence-corrected chi connectivity index (χ0v) is 20.0. The van der Waals surface area contributed by atoms with E-state index in [2.05, 4.69) is 86.2 Å². The van der Waals surface area contributed by atoms with E-state index < -0.39 is 6.09 Å². The highest BCUT2D eigenvalue weighted by Crippen LogP contribution is 2.37. The predicted molar refractivity (Wildman–Crippen MR) is 132 cm³/mol. The maximum atomic E-state index is 11.5. The van der Waals surface area contributed by atoms with Crippen LogP contribution in [0.25, 0.3) is 22.4 Å². The standard InChI is InChI=1S/C26H30BN3O4/c1-25(2)26(3,4)34-27(33-25)20-13-11-18(12-14-20)17-7-9-19(10-8-17)21-16-28-23(29-21)22-6-5-15-30(22)24(31)32/h7-14,16,22H,5-6,15H2,1-4H3,(H,28,29)(H,31,32). The van der Waals surface area contributed by atoms with Gasteiger partial charge in [-0.2, -0.15) is 0 Å². The van der Waals surface area contributed by atoms with Crippen molar-refractivity contribution in [2.45, 2.75) is 57.8 Å². The first-order valence-corrected chi connectivity index (χ1v) is 11.8. The van der Waals surface area contributed by atoms with Crippen molar-refractivity contribution in [3.63, 3.8) is 0 Å². The molecule has 3 heterocycles. The quantitative estimate of drug-likeness (QED) is 0.545. The van der Waals surface area contributed by atoms with Crippen LogP contribution < -0.4 is 5.46 Å². The Hall–Kier alpha value is -3.10. The minimum absolute atomic E-state index is 0.201. The van der Waals surface area contributed by atoms with Gasteiger partial charge in [0.25, 0.3) is 0 Å². The van der Waals surface area contributed by atoms with Gasteiger partial charge in [0.1, 0.15) is 5.82 Å². The zero-order chi connectivity index (χ0) is 24.1. The number of imidazole rings is 1. The molecule has 34 heavy (non-hydrogen) atoms. The largest absolute Gasteiger partial charge is 0.494 e. The molecule has 2 fully saturated rings. The number of aromatic amines is 1. The molecule has 2 aliphatic rings. The molecule has 5 rings (SSSR count). The fourth-order valence-electron chi connectivity index (χ4n) is 4.59. The maximum Gasteiger partial charge on any atom is 0.494 e. The van der Waals surface area contributed by atoms with Crippen molar-refractivity contribution in [3.05, 3.63) is 60.6 Å². The van der Waals surface area contributed by atoms with Crippen LogP contribution in [0, 0.1) is 0 Å². The Morgan fingerprint density at radius 3 is 2.15 bits per heavy atom. The summed E-state index contributed by atoms with van der Waals surface area (Å²) in [6.07, 6.45) is 2.53. The molecule has 1 aromatic heterocycles. The Labute approximate surface area is 200 Å². The number of hydrogen-bond acceptors (Lipinski definition) is 4. The number of aromatic nitrogens is 2. The number of amides is 1. The van der Waals surface area contributed by atoms with Gasteiger partial charge in [0.2, 0.25) is 0 Å². The van der Waals surface area contributed by atoms with E-state index in [9.17, 15) is 9.90 Å². The molecule has 7 nitrogen and oxygen atoms in total. The third kappa shape index (κ3) is 4.01. The minimum atomic E-state index is -0.894. The lowest BCUT2D eigenvalue weighted by molar-refractivity contribution is 0.00578. The molecule has 3 aromatic rings. The number of nitrogens with zero attached hydrogens (tertiary/aromatic N) is 2. The van der Waals surface area contributed by atoms with E-state index in [4.69, 9.17) is 9.31 Å². The topological polar surface area (TPSA) is 87.7 Å². The first-order chi connectivity index (χ1) is 16.1. The summed E-state index contributed by atoms with van der Waals surface area (Å²) in [7, 11) is -0.368. The van der Waals surface area contributed by atoms with Crippen LogP contribution in [0.4, 0.5) is 4.79 Å². The Morgan fingerprint density at radius 2 is 1.56 bits per heavy atom. The highest BCUT2D eigenvalue weighted by Gasteiger charge is 2.51. The summed E-state index contributed by atoms with van der Waals surface area (Å²) in [6, 6.07) is 16.4. The highest BCUT2D eigenvalue weighted by atomic mass is 16.7. The average molecular weight is 459 g/mol. The first-order valence-electron chi connectivity index (χ1n) is 11.8. The van der Waals surface area contributed by atoms with Crippen LogP contribution >= 0.6 is 0 Å². The number of carboxylic acid groups (broad SMARTS) is 1. The van der Waals surface area contributed by atoms with E-state index in [-0.39, 0.29) is 24.4 Å². The molecule has 1 amide bonds. The lowest BCUT2D eigenvalue weighted by Crippen LogP contribution is -2.41. The van der Waals surface area contributed by atoms with Gasteiger partial charge in [0.15, 0.2) is 0 Å². The summed E-state index contributed by atoms with van der Waals surface area (Å²) in [5.41, 5.74) is 4.40. The maximum absolute atomic E-state index is 11.5. The van der Waals surface area contributed by atoms with Gasteiger partial charge in [-0.05, 0) is 62.7 Å². The van der Waals surface area contributed by atoms with Gasteiger partial charge in [0.05, 0.1) is 29.1 Å². The van der Waals surface area contributed by atoms with Crippen molar-refractivity contribution in [1.29, 1.82) is 0 Å². The molecule has 0 aliphatic carbocycles. The predicted octanol–water partition coefficient (Wildman–Crippen LogP) is 4.86. The second-order valence-corrected chi connectivity index (χ2v) is 10.1. The van der Waals surface area contributed by atoms with Crippen LogP contribution in [-0.4, -0.2) is 50.9 Å². The lowest BCUT2D eigenvalue weighted by Gasteiger charge is -2.32. The van der Waals surface area contributed by atoms with Gasteiger partial charge in [-0.3, -0.25) is 4.90 Å². The summed E-state index contributed by atoms with van der Waals surface area (Å²) in [5, 5.41) is 9.40. The Bertz CT molecular complexity index is 1170. The van der Waals surface area contributed by atoms with Gasteiger partial charge in [-0.25, -0.2) is 9.78 Å². The van der Waals surface area contributed by atoms with Gasteiger partial charge in [-0.15, -0.1) is 0 Å². The molecule has 2 aliphatic heterocycles. The summed E-state index contributed by atoms with van der Waals surface area (Å²) in [5.74, 6) is 0.706. The number of rotatable bonds is 4. The monoisotopic (exact) mass is 459 g/mol. The third-order valence-electron chi connectivity index (χ3n) is 7.37. The number of benzene rings is 2. The van der Waals surface area contributed by atoms with E-state index in [0.717, 1.165) is 40.7 Å². The lowest BCUT2D eigenvalue weighted by atomic mass is 9.78. The van der Waals surface area contributed by atoms with E-state index in [1.165, 1.54) is 4.90 Å². The minimum Gasteiger partial charge on any atom is -0.465 e. The Morgan fingerprint density at radius 1 is 1.00 bits per heavy atom. The molecule has 1 atom stereocenters. The molecule has 0 spiro atoms. The van der Waals surface area contributed by atoms with Gasteiger partial charge in [-0.1, -0.05) is 48.5 Å². The van der Waals surface area contributed by atoms with Crippen molar-refractivity contribution in [2.75, 3.05) is 6.54 Å². The van der Waals surface area contributed by atoms with Crippen molar-refractivity contribution < 1.29 is 19.2 Å². The number of nitrogens with one attached hydrogen (secondary N) is 1. The third-order valence-corrected chi connectivity index (χ3v) is 7.37. The van der Waals surface area contributed by atoms with Gasteiger partial charge < -0.3 is 19.4 Å². The SMILES string of the molecule is CC1(C)OB(c2ccc(-c3ccc(-c4cnc(C5CCCN5C(=O)O)[nH]4)cc3)cc2)OC1(C)C. The van der Waals surface area contributed by atoms with Crippen LogP contribution in [0.1, 0.15) is 52.4 Å². The molecule has 8 heteroatoms. The van der Waals surface area contributed by atoms with Crippen molar-refractivity contribution in [3.8, 4) is 22.4 Å². The van der Waals surface area contributed by atoms with Crippen LogP contribution in [0.5, 0.6) is 0 Å². The first kappa shape index (κ1) is 22.7. The van der Waals surface area contributed by atoms with Crippen LogP contribution in [0.2, 0.25) is 0 Å². The van der Waals surface area contributed by atoms with E-state index >= 15 is 0 Å². The van der Waals surface area contributed by atoms with Crippen molar-refractivity contribution in [1.82, 2.24) is 14.9 Å². The fraction of sp³-hybridized carbons (Fsp3) is 0.385. The van der Waals surface area contributed by atoms with Crippen LogP contribution in [-0.2, 0) is 9.31 Å². The van der Waals surface area contributed by atoms with E-state index in [0.29, 0.717) is 12.4 Å². The number of H-pyrrole nitrogens is 1. The van der Waals surface area contributed by atoms with Crippen molar-refractivity contribution >= 4 is 18.7 Å². The zero-order valence-electron chi connectivity index (χ0n) is 20.0. The second-order valence-electron chi connectivity index (χ2n) is 10.1. The van der Waals surface area contributed by atoms with Gasteiger partial charge in [0, 0.05) is 6.54 Å². The summed E-state index contributed by atoms with van der Waals surface area (Å²) >= 11 is 0. The van der Waals surface area contributed by atoms with Crippen LogP contribution in [0.3, 0.4) is 0 Å². The number of hydrogen-bond donors (Lipinski definition) is 2. The molecule has 2 saturated heterocycles. The molecular weight excluding hydrogens is 429 g/mol. The molecule has 0 bridgehead atoms. The summed E-state index contributed by atoms with van der Waals surface area (Å²) in [6.45, 7) is 8.78. The Balaban J connectivity index is 1.30. The molecule has 0 radical (unpaired) electrons. The van der Waals surface area contributed by atoms with E-state index in [1.54, 1.807) is 6.20 Å². The molecule has 0 saturated carbocycles. The molecule has 176 valence electrons. The fourth-order valence-corrected chi connectivity index (χ4v) is 4.59. The molecule has 2 aromatic carbocycles. The van der Waals surface area contributed by atoms with Crippen LogP contribution in [0.15, 0.2) is 54.7 Å². The normalized spacial score (nSPS) is 21.2. The second kappa shape index (κ2) is 8.29. The highest BCUT2D eigenvalue weighted by molar-refractivity contribution is 6.62. The van der Waals surface area contributed by atoms with E-state index in [1.807, 2.05) is 0 Å². The van der Waals surface area contributed by atoms with Crippen molar-refractivity contribution in [2.24, 2.45) is 0 Å². The summed E-state index contributed by atoms with van der Waals surface area (Å²) in [4.78, 5) is 20.7. The van der Waals surface area contributed by atoms with Gasteiger partial charge >= 0.3 is 13.2 Å². The molecule has 2 N–H and O–H groups in total. The smallest absolute Gasteiger partial charge is 0.465 e. The molecule has 1 unspecified atom stereocenters. The number of carbonyl (C=O) groups is 1. The Kier molecular flexibility index (Phi) is 5.53.